The van der Waals surface area contributed by atoms with Crippen LogP contribution in [0.25, 0.3) is 10.4 Å². The molecule has 0 radical (unpaired) electrons. The van der Waals surface area contributed by atoms with Gasteiger partial charge in [-0.3, -0.25) is 0 Å². The van der Waals surface area contributed by atoms with Gasteiger partial charge < -0.3 is 9.47 Å². The van der Waals surface area contributed by atoms with Crippen LogP contribution in [0.5, 0.6) is 11.5 Å². The molecule has 0 aliphatic rings. The number of benzene rings is 2. The van der Waals surface area contributed by atoms with Crippen molar-refractivity contribution in [2.45, 2.75) is 0 Å². The highest BCUT2D eigenvalue weighted by molar-refractivity contribution is 5.89. The summed E-state index contributed by atoms with van der Waals surface area (Å²) in [6, 6.07) is 13.4. The average Bonchev–Trinajstić information content (AvgIpc) is 2.49. The molecule has 0 spiro atoms. The molecule has 0 unspecified atom stereocenters. The van der Waals surface area contributed by atoms with Crippen LogP contribution in [0.3, 0.4) is 0 Å². The first-order chi connectivity index (χ1) is 9.74. The summed E-state index contributed by atoms with van der Waals surface area (Å²) in [6.45, 7) is 0. The maximum atomic E-state index is 11.4. The van der Waals surface area contributed by atoms with Gasteiger partial charge >= 0.3 is 5.97 Å². The summed E-state index contributed by atoms with van der Waals surface area (Å²) in [7, 11) is 1.31. The first-order valence-corrected chi connectivity index (χ1v) is 5.75. The largest absolute Gasteiger partial charge is 0.465 e. The molecule has 0 saturated heterocycles. The normalized spacial score (nSPS) is 9.45. The molecule has 0 atom stereocenters. The third kappa shape index (κ3) is 3.07. The van der Waals surface area contributed by atoms with Crippen LogP contribution in [-0.2, 0) is 4.74 Å². The maximum absolute atomic E-state index is 11.4. The molecule has 100 valence electrons. The van der Waals surface area contributed by atoms with Gasteiger partial charge in [-0.05, 0) is 35.9 Å². The summed E-state index contributed by atoms with van der Waals surface area (Å²) in [4.78, 5) is 14.2. The Kier molecular flexibility index (Phi) is 4.21. The number of hydrogen-bond acceptors (Lipinski definition) is 4. The van der Waals surface area contributed by atoms with Crippen molar-refractivity contribution in [1.29, 1.82) is 0 Å². The fourth-order valence-corrected chi connectivity index (χ4v) is 1.61. The third-order valence-corrected chi connectivity index (χ3v) is 2.50. The number of azide groups is 1. The van der Waals surface area contributed by atoms with E-state index in [9.17, 15) is 4.79 Å². The molecular weight excluding hydrogens is 258 g/mol. The Labute approximate surface area is 115 Å². The van der Waals surface area contributed by atoms with Crippen LogP contribution >= 0.6 is 0 Å². The molecule has 0 amide bonds. The van der Waals surface area contributed by atoms with E-state index in [2.05, 4.69) is 14.8 Å². The van der Waals surface area contributed by atoms with Gasteiger partial charge in [-0.1, -0.05) is 23.3 Å². The molecule has 0 aliphatic carbocycles. The van der Waals surface area contributed by atoms with Crippen molar-refractivity contribution in [3.8, 4) is 11.5 Å². The zero-order valence-corrected chi connectivity index (χ0v) is 10.7. The maximum Gasteiger partial charge on any atom is 0.337 e. The predicted octanol–water partition coefficient (Wildman–Crippen LogP) is 4.21. The lowest BCUT2D eigenvalue weighted by molar-refractivity contribution is 0.0600. The zero-order chi connectivity index (χ0) is 14.4. The summed E-state index contributed by atoms with van der Waals surface area (Å²) < 4.78 is 10.3. The standard InChI is InChI=1S/C14H11N3O3/c1-19-14(18)10-5-4-6-11(9-10)20-13-8-3-2-7-12(13)16-17-15/h2-9H,1H3. The van der Waals surface area contributed by atoms with Gasteiger partial charge in [-0.15, -0.1) is 0 Å². The van der Waals surface area contributed by atoms with Crippen LogP contribution in [0.15, 0.2) is 53.6 Å². The first-order valence-electron chi connectivity index (χ1n) is 5.75. The number of methoxy groups -OCH3 is 1. The van der Waals surface area contributed by atoms with Crippen molar-refractivity contribution >= 4 is 11.7 Å². The smallest absolute Gasteiger partial charge is 0.337 e. The Balaban J connectivity index is 2.31. The van der Waals surface area contributed by atoms with Gasteiger partial charge in [0.1, 0.15) is 11.5 Å². The lowest BCUT2D eigenvalue weighted by atomic mass is 10.2. The molecule has 0 aliphatic heterocycles. The van der Waals surface area contributed by atoms with Crippen molar-refractivity contribution in [2.24, 2.45) is 5.11 Å². The van der Waals surface area contributed by atoms with Crippen molar-refractivity contribution in [2.75, 3.05) is 7.11 Å². The van der Waals surface area contributed by atoms with E-state index in [1.165, 1.54) is 7.11 Å². The monoisotopic (exact) mass is 269 g/mol. The summed E-state index contributed by atoms with van der Waals surface area (Å²) in [5.41, 5.74) is 9.26. The van der Waals surface area contributed by atoms with Gasteiger partial charge in [0.2, 0.25) is 0 Å². The van der Waals surface area contributed by atoms with E-state index in [-0.39, 0.29) is 0 Å². The zero-order valence-electron chi connectivity index (χ0n) is 10.7. The minimum Gasteiger partial charge on any atom is -0.465 e. The molecule has 6 nitrogen and oxygen atoms in total. The number of para-hydroxylation sites is 1. The molecule has 0 bridgehead atoms. The third-order valence-electron chi connectivity index (χ3n) is 2.50. The Morgan fingerprint density at radius 3 is 2.75 bits per heavy atom. The highest BCUT2D eigenvalue weighted by Crippen LogP contribution is 2.31. The van der Waals surface area contributed by atoms with E-state index in [0.717, 1.165) is 0 Å². The fourth-order valence-electron chi connectivity index (χ4n) is 1.61. The van der Waals surface area contributed by atoms with Gasteiger partial charge in [0, 0.05) is 4.91 Å². The molecule has 2 aromatic rings. The Bertz CT molecular complexity index is 679. The summed E-state index contributed by atoms with van der Waals surface area (Å²) in [6.07, 6.45) is 0. The van der Waals surface area contributed by atoms with E-state index < -0.39 is 5.97 Å². The van der Waals surface area contributed by atoms with E-state index >= 15 is 0 Å². The Hall–Kier alpha value is -2.98. The van der Waals surface area contributed by atoms with Gasteiger partial charge in [0.15, 0.2) is 0 Å². The lowest BCUT2D eigenvalue weighted by Crippen LogP contribution is -2.00. The molecule has 0 heterocycles. The van der Waals surface area contributed by atoms with E-state index in [4.69, 9.17) is 10.3 Å². The first kappa shape index (κ1) is 13.5. The number of nitrogens with zero attached hydrogens (tertiary/aromatic N) is 3. The highest BCUT2D eigenvalue weighted by Gasteiger charge is 2.08. The molecule has 0 N–H and O–H groups in total. The van der Waals surface area contributed by atoms with Crippen LogP contribution in [0.2, 0.25) is 0 Å². The molecule has 20 heavy (non-hydrogen) atoms. The number of ether oxygens (including phenoxy) is 2. The number of carbonyl (C=O) groups excluding carboxylic acids is 1. The molecule has 0 saturated carbocycles. The number of rotatable bonds is 4. The molecule has 2 rings (SSSR count). The molecule has 0 fully saturated rings. The second kappa shape index (κ2) is 6.26. The summed E-state index contributed by atoms with van der Waals surface area (Å²) in [5, 5.41) is 3.54. The molecule has 0 aromatic heterocycles. The van der Waals surface area contributed by atoms with E-state index in [1.807, 2.05) is 0 Å². The minimum absolute atomic E-state index is 0.374. The second-order valence-corrected chi connectivity index (χ2v) is 3.78. The van der Waals surface area contributed by atoms with Gasteiger partial charge in [0.25, 0.3) is 0 Å². The number of hydrogen-bond donors (Lipinski definition) is 0. The van der Waals surface area contributed by atoms with Crippen molar-refractivity contribution < 1.29 is 14.3 Å². The van der Waals surface area contributed by atoms with Crippen LogP contribution in [-0.4, -0.2) is 13.1 Å². The molecule has 2 aromatic carbocycles. The summed E-state index contributed by atoms with van der Waals surface area (Å²) >= 11 is 0. The predicted molar refractivity (Wildman–Crippen MR) is 73.1 cm³/mol. The average molecular weight is 269 g/mol. The van der Waals surface area contributed by atoms with E-state index in [1.54, 1.807) is 48.5 Å². The molecule has 6 heteroatoms. The van der Waals surface area contributed by atoms with Crippen LogP contribution in [0, 0.1) is 0 Å². The van der Waals surface area contributed by atoms with Crippen LogP contribution in [0.1, 0.15) is 10.4 Å². The topological polar surface area (TPSA) is 84.3 Å². The van der Waals surface area contributed by atoms with Gasteiger partial charge in [-0.2, -0.15) is 0 Å². The Morgan fingerprint density at radius 2 is 2.00 bits per heavy atom. The quantitative estimate of drug-likeness (QED) is 0.360. The van der Waals surface area contributed by atoms with Crippen molar-refractivity contribution in [1.82, 2.24) is 0 Å². The van der Waals surface area contributed by atoms with Crippen molar-refractivity contribution in [3.63, 3.8) is 0 Å². The SMILES string of the molecule is COC(=O)c1cccc(Oc2ccccc2N=[N+]=[N-])c1. The number of carbonyl (C=O) groups is 1. The Morgan fingerprint density at radius 1 is 1.20 bits per heavy atom. The highest BCUT2D eigenvalue weighted by atomic mass is 16.5. The minimum atomic E-state index is -0.446. The van der Waals surface area contributed by atoms with Crippen LogP contribution in [0.4, 0.5) is 5.69 Å². The number of esters is 1. The fraction of sp³-hybridized carbons (Fsp3) is 0.0714. The van der Waals surface area contributed by atoms with E-state index in [0.29, 0.717) is 22.7 Å². The van der Waals surface area contributed by atoms with Crippen LogP contribution < -0.4 is 4.74 Å². The van der Waals surface area contributed by atoms with Gasteiger partial charge in [-0.25, -0.2) is 4.79 Å². The molecular formula is C14H11N3O3. The van der Waals surface area contributed by atoms with Crippen molar-refractivity contribution in [3.05, 3.63) is 64.5 Å². The lowest BCUT2D eigenvalue weighted by Gasteiger charge is -2.08. The summed E-state index contributed by atoms with van der Waals surface area (Å²) in [5.74, 6) is 0.416. The van der Waals surface area contributed by atoms with Gasteiger partial charge in [0.05, 0.1) is 18.4 Å². The second-order valence-electron chi connectivity index (χ2n) is 3.78.